The number of anilines is 1. The third-order valence-electron chi connectivity index (χ3n) is 6.40. The maximum atomic E-state index is 12.6. The van der Waals surface area contributed by atoms with Gasteiger partial charge >= 0.3 is 5.97 Å². The van der Waals surface area contributed by atoms with Gasteiger partial charge in [-0.2, -0.15) is 0 Å². The van der Waals surface area contributed by atoms with E-state index in [1.807, 2.05) is 37.8 Å². The molecule has 1 aromatic heterocycles. The summed E-state index contributed by atoms with van der Waals surface area (Å²) in [5, 5.41) is 19.6. The van der Waals surface area contributed by atoms with E-state index in [2.05, 4.69) is 16.1 Å². The monoisotopic (exact) mass is 510 g/mol. The molecule has 1 saturated heterocycles. The van der Waals surface area contributed by atoms with Crippen molar-refractivity contribution in [2.45, 2.75) is 72.1 Å². The summed E-state index contributed by atoms with van der Waals surface area (Å²) in [6.45, 7) is 11.6. The number of benzene rings is 1. The minimum atomic E-state index is -0.516. The number of halogens is 1. The molecule has 2 aromatic rings. The van der Waals surface area contributed by atoms with E-state index < -0.39 is 5.60 Å². The van der Waals surface area contributed by atoms with Crippen LogP contribution in [0.1, 0.15) is 52.8 Å². The van der Waals surface area contributed by atoms with E-state index in [1.54, 1.807) is 0 Å². The molecule has 0 spiro atoms. The summed E-state index contributed by atoms with van der Waals surface area (Å²) in [6.07, 6.45) is 2.86. The smallest absolute Gasteiger partial charge is 0.306 e. The Hall–Kier alpha value is -1.87. The zero-order valence-electron chi connectivity index (χ0n) is 21.6. The van der Waals surface area contributed by atoms with Crippen LogP contribution in [0.4, 0.5) is 5.69 Å². The van der Waals surface area contributed by atoms with Crippen LogP contribution in [0.3, 0.4) is 0 Å². The molecule has 0 unspecified atom stereocenters. The Labute approximate surface area is 213 Å². The molecule has 1 aliphatic heterocycles. The van der Waals surface area contributed by atoms with Gasteiger partial charge in [0.25, 0.3) is 5.82 Å². The summed E-state index contributed by atoms with van der Waals surface area (Å²) in [4.78, 5) is 14.5. The van der Waals surface area contributed by atoms with Gasteiger partial charge in [-0.05, 0) is 40.5 Å². The van der Waals surface area contributed by atoms with E-state index in [0.717, 1.165) is 61.7 Å². The fraction of sp³-hybridized carbons (Fsp3) is 0.692. The molecule has 8 nitrogen and oxygen atoms in total. The predicted molar refractivity (Wildman–Crippen MR) is 137 cm³/mol. The first-order chi connectivity index (χ1) is 16.7. The molecule has 1 aromatic carbocycles. The molecule has 2 heterocycles. The molecule has 1 fully saturated rings. The van der Waals surface area contributed by atoms with Gasteiger partial charge in [0.2, 0.25) is 0 Å². The number of aliphatic hydroxyl groups excluding tert-OH is 2. The third-order valence-corrected chi connectivity index (χ3v) is 6.70. The molecule has 3 rings (SSSR count). The fourth-order valence-corrected chi connectivity index (χ4v) is 5.13. The Morgan fingerprint density at radius 2 is 1.89 bits per heavy atom. The molecular weight excluding hydrogens is 470 g/mol. The average molecular weight is 511 g/mol. The van der Waals surface area contributed by atoms with Gasteiger partial charge in [0.15, 0.2) is 11.0 Å². The van der Waals surface area contributed by atoms with Crippen LogP contribution < -0.4 is 9.47 Å². The SMILES string of the molecule is CCn1c(CCC(=O)OC(C)(C)C)[n+](CC2CCOCC2)c2cc(Cl)c(N(CCO)CCO)cc21. The van der Waals surface area contributed by atoms with Crippen molar-refractivity contribution in [3.8, 4) is 0 Å². The van der Waals surface area contributed by atoms with Gasteiger partial charge in [0.05, 0.1) is 49.9 Å². The first-order valence-electron chi connectivity index (χ1n) is 12.7. The van der Waals surface area contributed by atoms with E-state index in [0.29, 0.717) is 36.9 Å². The van der Waals surface area contributed by atoms with Crippen molar-refractivity contribution in [1.82, 2.24) is 4.57 Å². The lowest BCUT2D eigenvalue weighted by atomic mass is 10.00. The second-order valence-corrected chi connectivity index (χ2v) is 10.5. The number of hydrogen-bond acceptors (Lipinski definition) is 6. The maximum Gasteiger partial charge on any atom is 0.306 e. The summed E-state index contributed by atoms with van der Waals surface area (Å²) in [5.41, 5.74) is 2.32. The Balaban J connectivity index is 2.06. The summed E-state index contributed by atoms with van der Waals surface area (Å²) < 4.78 is 15.7. The lowest BCUT2D eigenvalue weighted by Crippen LogP contribution is -2.43. The van der Waals surface area contributed by atoms with Crippen LogP contribution in [0.2, 0.25) is 5.02 Å². The lowest BCUT2D eigenvalue weighted by Gasteiger charge is -2.24. The number of nitrogens with zero attached hydrogens (tertiary/aromatic N) is 3. The minimum absolute atomic E-state index is 0.0337. The van der Waals surface area contributed by atoms with Gasteiger partial charge in [-0.15, -0.1) is 0 Å². The van der Waals surface area contributed by atoms with E-state index in [1.165, 1.54) is 0 Å². The second-order valence-electron chi connectivity index (χ2n) is 10.1. The molecule has 0 bridgehead atoms. The van der Waals surface area contributed by atoms with Crippen LogP contribution in [0.5, 0.6) is 0 Å². The minimum Gasteiger partial charge on any atom is -0.460 e. The van der Waals surface area contributed by atoms with Crippen LogP contribution in [-0.2, 0) is 33.8 Å². The summed E-state index contributed by atoms with van der Waals surface area (Å²) >= 11 is 6.77. The summed E-state index contributed by atoms with van der Waals surface area (Å²) in [6, 6.07) is 4.03. The Kier molecular flexibility index (Phi) is 9.81. The van der Waals surface area contributed by atoms with Crippen LogP contribution in [0, 0.1) is 5.92 Å². The molecule has 0 radical (unpaired) electrons. The van der Waals surface area contributed by atoms with Crippen molar-refractivity contribution in [1.29, 1.82) is 0 Å². The van der Waals surface area contributed by atoms with Gasteiger partial charge in [0.1, 0.15) is 5.60 Å². The number of hydrogen-bond donors (Lipinski definition) is 2. The molecule has 0 aliphatic carbocycles. The zero-order chi connectivity index (χ0) is 25.6. The predicted octanol–water partition coefficient (Wildman–Crippen LogP) is 3.09. The highest BCUT2D eigenvalue weighted by molar-refractivity contribution is 6.34. The third kappa shape index (κ3) is 7.09. The normalized spacial score (nSPS) is 15.1. The van der Waals surface area contributed by atoms with E-state index >= 15 is 0 Å². The number of carbonyl (C=O) groups excluding carboxylic acids is 1. The lowest BCUT2D eigenvalue weighted by molar-refractivity contribution is -0.687. The van der Waals surface area contributed by atoms with Crippen molar-refractivity contribution in [2.75, 3.05) is 44.4 Å². The highest BCUT2D eigenvalue weighted by Crippen LogP contribution is 2.32. The van der Waals surface area contributed by atoms with Crippen LogP contribution in [-0.4, -0.2) is 65.9 Å². The Morgan fingerprint density at radius 3 is 2.46 bits per heavy atom. The first-order valence-corrected chi connectivity index (χ1v) is 13.1. The molecule has 2 N–H and O–H groups in total. The quantitative estimate of drug-likeness (QED) is 0.357. The largest absolute Gasteiger partial charge is 0.460 e. The second kappa shape index (κ2) is 12.4. The topological polar surface area (TPSA) is 88.0 Å². The number of aryl methyl sites for hydroxylation is 1. The number of rotatable bonds is 11. The fourth-order valence-electron chi connectivity index (χ4n) is 4.85. The standard InChI is InChI=1S/C26H41ClN3O5/c1-5-29-23-17-21(28(10-12-31)11-13-32)20(27)16-22(23)30(18-19-8-14-34-15-9-19)24(29)6-7-25(33)35-26(2,3)4/h16-17,19,31-32H,5-15,18H2,1-4H3/q+1. The number of aromatic nitrogens is 2. The van der Waals surface area contributed by atoms with E-state index in [9.17, 15) is 15.0 Å². The zero-order valence-corrected chi connectivity index (χ0v) is 22.3. The van der Waals surface area contributed by atoms with E-state index in [-0.39, 0.29) is 19.2 Å². The highest BCUT2D eigenvalue weighted by Gasteiger charge is 2.30. The number of fused-ring (bicyclic) bond motifs is 1. The number of ether oxygens (including phenoxy) is 2. The van der Waals surface area contributed by atoms with Crippen molar-refractivity contribution in [2.24, 2.45) is 5.92 Å². The number of esters is 1. The molecule has 0 saturated carbocycles. The van der Waals surface area contributed by atoms with Gasteiger partial charge in [-0.25, -0.2) is 9.13 Å². The molecule has 0 amide bonds. The molecule has 196 valence electrons. The molecule has 0 atom stereocenters. The van der Waals surface area contributed by atoms with Crippen molar-refractivity contribution >= 4 is 34.3 Å². The molecule has 9 heteroatoms. The van der Waals surface area contributed by atoms with Crippen LogP contribution in [0.15, 0.2) is 12.1 Å². The van der Waals surface area contributed by atoms with Crippen LogP contribution >= 0.6 is 11.6 Å². The summed E-state index contributed by atoms with van der Waals surface area (Å²) in [7, 11) is 0. The molecular formula is C26H41ClN3O5+. The molecule has 35 heavy (non-hydrogen) atoms. The van der Waals surface area contributed by atoms with Crippen molar-refractivity contribution in [3.05, 3.63) is 23.0 Å². The van der Waals surface area contributed by atoms with Gasteiger partial charge in [0, 0.05) is 44.4 Å². The highest BCUT2D eigenvalue weighted by atomic mass is 35.5. The number of imidazole rings is 1. The number of aliphatic hydroxyl groups is 2. The van der Waals surface area contributed by atoms with Gasteiger partial charge in [-0.3, -0.25) is 4.79 Å². The van der Waals surface area contributed by atoms with Gasteiger partial charge < -0.3 is 24.6 Å². The molecule has 1 aliphatic rings. The number of carbonyl (C=O) groups is 1. The summed E-state index contributed by atoms with van der Waals surface area (Å²) in [5.74, 6) is 1.35. The Morgan fingerprint density at radius 1 is 1.23 bits per heavy atom. The van der Waals surface area contributed by atoms with Crippen molar-refractivity contribution < 1.29 is 29.0 Å². The first kappa shape index (κ1) is 27.7. The Bertz CT molecular complexity index is 989. The maximum absolute atomic E-state index is 12.6. The van der Waals surface area contributed by atoms with Crippen molar-refractivity contribution in [3.63, 3.8) is 0 Å². The van der Waals surface area contributed by atoms with Crippen LogP contribution in [0.25, 0.3) is 11.0 Å². The average Bonchev–Trinajstić information content (AvgIpc) is 3.08. The van der Waals surface area contributed by atoms with Gasteiger partial charge in [-0.1, -0.05) is 11.6 Å². The van der Waals surface area contributed by atoms with E-state index in [4.69, 9.17) is 21.1 Å².